The average molecular weight is 325 g/mol. The second kappa shape index (κ2) is 5.78. The third kappa shape index (κ3) is 2.58. The zero-order valence-corrected chi connectivity index (χ0v) is 13.5. The lowest BCUT2D eigenvalue weighted by atomic mass is 9.87. The minimum Gasteiger partial charge on any atom is -0.441 e. The van der Waals surface area contributed by atoms with Crippen LogP contribution >= 0.6 is 0 Å². The number of piperidine rings is 1. The van der Waals surface area contributed by atoms with Crippen LogP contribution in [0, 0.1) is 6.92 Å². The van der Waals surface area contributed by atoms with Crippen molar-refractivity contribution in [1.29, 1.82) is 0 Å². The van der Waals surface area contributed by atoms with E-state index < -0.39 is 6.04 Å². The van der Waals surface area contributed by atoms with Crippen LogP contribution in [-0.2, 0) is 9.59 Å². The number of carbonyl (C=O) groups is 2. The summed E-state index contributed by atoms with van der Waals surface area (Å²) in [7, 11) is 0. The zero-order chi connectivity index (χ0) is 16.7. The molecule has 6 heteroatoms. The number of nitrogens with zero attached hydrogens (tertiary/aromatic N) is 1. The topological polar surface area (TPSA) is 84.2 Å². The molecule has 2 fully saturated rings. The monoisotopic (exact) mass is 325 g/mol. The molecule has 24 heavy (non-hydrogen) atoms. The van der Waals surface area contributed by atoms with E-state index in [-0.39, 0.29) is 11.8 Å². The fourth-order valence-corrected chi connectivity index (χ4v) is 3.24. The normalized spacial score (nSPS) is 20.7. The lowest BCUT2D eigenvalue weighted by molar-refractivity contribution is -0.134. The van der Waals surface area contributed by atoms with E-state index >= 15 is 0 Å². The van der Waals surface area contributed by atoms with Crippen molar-refractivity contribution in [1.82, 2.24) is 15.6 Å². The first-order valence-corrected chi connectivity index (χ1v) is 8.30. The van der Waals surface area contributed by atoms with Gasteiger partial charge in [-0.2, -0.15) is 0 Å². The van der Waals surface area contributed by atoms with E-state index in [1.165, 1.54) is 5.57 Å². The van der Waals surface area contributed by atoms with E-state index in [1.807, 2.05) is 25.1 Å². The molecule has 124 valence electrons. The Morgan fingerprint density at radius 2 is 2.12 bits per heavy atom. The van der Waals surface area contributed by atoms with Crippen LogP contribution < -0.4 is 10.6 Å². The molecule has 2 N–H and O–H groups in total. The Morgan fingerprint density at radius 1 is 1.29 bits per heavy atom. The number of oxazole rings is 1. The lowest BCUT2D eigenvalue weighted by Crippen LogP contribution is -2.50. The maximum absolute atomic E-state index is 12.1. The first-order chi connectivity index (χ1) is 11.6. The van der Waals surface area contributed by atoms with Crippen LogP contribution in [0.15, 0.2) is 28.2 Å². The molecule has 2 amide bonds. The maximum atomic E-state index is 12.1. The number of benzene rings is 1. The minimum absolute atomic E-state index is 0.204. The summed E-state index contributed by atoms with van der Waals surface area (Å²) in [4.78, 5) is 28.0. The van der Waals surface area contributed by atoms with E-state index in [0.29, 0.717) is 18.7 Å². The summed E-state index contributed by atoms with van der Waals surface area (Å²) in [5.41, 5.74) is 4.78. The summed E-state index contributed by atoms with van der Waals surface area (Å²) in [5, 5.41) is 5.78. The number of nitrogens with one attached hydrogen (secondary N) is 2. The molecule has 1 unspecified atom stereocenters. The SMILES string of the molecule is Cc1nc2c(C(NC3CCC(=O)NC3=O)=C3CCC3)cccc2o1. The maximum Gasteiger partial charge on any atom is 0.249 e. The molecule has 1 aromatic heterocycles. The summed E-state index contributed by atoms with van der Waals surface area (Å²) < 4.78 is 5.63. The fourth-order valence-electron chi connectivity index (χ4n) is 3.24. The van der Waals surface area contributed by atoms with Gasteiger partial charge < -0.3 is 9.73 Å². The van der Waals surface area contributed by atoms with Crippen molar-refractivity contribution in [2.24, 2.45) is 0 Å². The Kier molecular flexibility index (Phi) is 3.59. The number of allylic oxidation sites excluding steroid dienone is 1. The number of amides is 2. The van der Waals surface area contributed by atoms with Crippen molar-refractivity contribution >= 4 is 28.6 Å². The van der Waals surface area contributed by atoms with Gasteiger partial charge >= 0.3 is 0 Å². The van der Waals surface area contributed by atoms with Crippen LogP contribution in [0.2, 0.25) is 0 Å². The average Bonchev–Trinajstić information content (AvgIpc) is 2.87. The number of fused-ring (bicyclic) bond motifs is 1. The third-order valence-corrected chi connectivity index (χ3v) is 4.66. The number of aryl methyl sites for hydroxylation is 1. The van der Waals surface area contributed by atoms with Gasteiger partial charge in [0.15, 0.2) is 11.5 Å². The van der Waals surface area contributed by atoms with Crippen molar-refractivity contribution < 1.29 is 14.0 Å². The number of rotatable bonds is 3. The molecule has 0 bridgehead atoms. The molecule has 4 rings (SSSR count). The summed E-state index contributed by atoms with van der Waals surface area (Å²) in [5.74, 6) is 0.161. The Labute approximate surface area is 139 Å². The zero-order valence-electron chi connectivity index (χ0n) is 13.5. The quantitative estimate of drug-likeness (QED) is 0.847. The molecule has 0 radical (unpaired) electrons. The van der Waals surface area contributed by atoms with E-state index in [1.54, 1.807) is 0 Å². The second-order valence-corrected chi connectivity index (χ2v) is 6.37. The van der Waals surface area contributed by atoms with Crippen LogP contribution in [0.1, 0.15) is 43.6 Å². The van der Waals surface area contributed by atoms with Crippen molar-refractivity contribution in [3.05, 3.63) is 35.2 Å². The number of aromatic nitrogens is 1. The number of hydrogen-bond acceptors (Lipinski definition) is 5. The highest BCUT2D eigenvalue weighted by molar-refractivity contribution is 6.01. The van der Waals surface area contributed by atoms with Crippen LogP contribution in [0.25, 0.3) is 16.8 Å². The molecule has 1 aliphatic heterocycles. The van der Waals surface area contributed by atoms with Gasteiger partial charge in [0.1, 0.15) is 11.6 Å². The number of imide groups is 1. The van der Waals surface area contributed by atoms with E-state index in [2.05, 4.69) is 15.6 Å². The molecule has 6 nitrogen and oxygen atoms in total. The predicted molar refractivity (Wildman–Crippen MR) is 88.8 cm³/mol. The van der Waals surface area contributed by atoms with Gasteiger partial charge in [0, 0.05) is 24.6 Å². The first kappa shape index (κ1) is 14.9. The Bertz CT molecular complexity index is 860. The second-order valence-electron chi connectivity index (χ2n) is 6.37. The summed E-state index contributed by atoms with van der Waals surface area (Å²) in [6.07, 6.45) is 4.06. The molecule has 2 heterocycles. The molecular weight excluding hydrogens is 306 g/mol. The van der Waals surface area contributed by atoms with E-state index in [9.17, 15) is 9.59 Å². The largest absolute Gasteiger partial charge is 0.441 e. The summed E-state index contributed by atoms with van der Waals surface area (Å²) in [6, 6.07) is 5.44. The Balaban J connectivity index is 1.73. The van der Waals surface area contributed by atoms with Crippen molar-refractivity contribution in [3.8, 4) is 0 Å². The summed E-state index contributed by atoms with van der Waals surface area (Å²) >= 11 is 0. The van der Waals surface area contributed by atoms with Gasteiger partial charge in [0.2, 0.25) is 11.8 Å². The van der Waals surface area contributed by atoms with Gasteiger partial charge in [-0.1, -0.05) is 12.1 Å². The molecule has 1 saturated carbocycles. The molecule has 1 atom stereocenters. The standard InChI is InChI=1S/C18H19N3O3/c1-10-19-17-12(6-3-7-14(17)24-10)16(11-4-2-5-11)20-13-8-9-15(22)21-18(13)23/h3,6-7,13,20H,2,4-5,8-9H2,1H3,(H,21,22,23). The highest BCUT2D eigenvalue weighted by Crippen LogP contribution is 2.35. The molecular formula is C18H19N3O3. The van der Waals surface area contributed by atoms with E-state index in [0.717, 1.165) is 41.6 Å². The van der Waals surface area contributed by atoms with Gasteiger partial charge in [-0.25, -0.2) is 4.98 Å². The van der Waals surface area contributed by atoms with Crippen LogP contribution in [0.5, 0.6) is 0 Å². The highest BCUT2D eigenvalue weighted by Gasteiger charge is 2.29. The fraction of sp³-hybridized carbons (Fsp3) is 0.389. The molecule has 1 aromatic carbocycles. The smallest absolute Gasteiger partial charge is 0.249 e. The lowest BCUT2D eigenvalue weighted by Gasteiger charge is -2.29. The molecule has 0 spiro atoms. The third-order valence-electron chi connectivity index (χ3n) is 4.66. The summed E-state index contributed by atoms with van der Waals surface area (Å²) in [6.45, 7) is 1.83. The van der Waals surface area contributed by atoms with Gasteiger partial charge in [-0.3, -0.25) is 14.9 Å². The Hall–Kier alpha value is -2.63. The minimum atomic E-state index is -0.394. The van der Waals surface area contributed by atoms with Crippen molar-refractivity contribution in [3.63, 3.8) is 0 Å². The van der Waals surface area contributed by atoms with Gasteiger partial charge in [-0.15, -0.1) is 0 Å². The highest BCUT2D eigenvalue weighted by atomic mass is 16.3. The Morgan fingerprint density at radius 3 is 2.83 bits per heavy atom. The van der Waals surface area contributed by atoms with Crippen LogP contribution in [0.4, 0.5) is 0 Å². The van der Waals surface area contributed by atoms with Gasteiger partial charge in [0.05, 0.1) is 0 Å². The van der Waals surface area contributed by atoms with E-state index in [4.69, 9.17) is 4.42 Å². The van der Waals surface area contributed by atoms with Crippen LogP contribution in [0.3, 0.4) is 0 Å². The predicted octanol–water partition coefficient (Wildman–Crippen LogP) is 2.43. The molecule has 2 aromatic rings. The molecule has 1 saturated heterocycles. The van der Waals surface area contributed by atoms with Crippen molar-refractivity contribution in [2.75, 3.05) is 0 Å². The van der Waals surface area contributed by atoms with Crippen molar-refractivity contribution in [2.45, 2.75) is 45.1 Å². The number of hydrogen-bond donors (Lipinski definition) is 2. The van der Waals surface area contributed by atoms with Gasteiger partial charge in [-0.05, 0) is 37.3 Å². The number of carbonyl (C=O) groups excluding carboxylic acids is 2. The number of para-hydroxylation sites is 1. The first-order valence-electron chi connectivity index (χ1n) is 8.30. The van der Waals surface area contributed by atoms with Gasteiger partial charge in [0.25, 0.3) is 0 Å². The molecule has 2 aliphatic rings. The van der Waals surface area contributed by atoms with Crippen LogP contribution in [-0.4, -0.2) is 22.8 Å². The molecule has 1 aliphatic carbocycles.